The van der Waals surface area contributed by atoms with Gasteiger partial charge in [0, 0.05) is 16.6 Å². The lowest BCUT2D eigenvalue weighted by Crippen LogP contribution is -2.40. The highest BCUT2D eigenvalue weighted by Crippen LogP contribution is 2.27. The van der Waals surface area contributed by atoms with E-state index in [4.69, 9.17) is 0 Å². The molecule has 0 aliphatic carbocycles. The Hall–Kier alpha value is 0.434. The van der Waals surface area contributed by atoms with Gasteiger partial charge in [0.05, 0.1) is 0 Å². The van der Waals surface area contributed by atoms with Gasteiger partial charge < -0.3 is 0 Å². The fourth-order valence-electron chi connectivity index (χ4n) is 3.32. The summed E-state index contributed by atoms with van der Waals surface area (Å²) in [7, 11) is -0.781. The summed E-state index contributed by atoms with van der Waals surface area (Å²) in [6.07, 6.45) is 5.85. The normalized spacial score (nSPS) is 12.4. The molecule has 0 fully saturated rings. The van der Waals surface area contributed by atoms with Crippen LogP contribution in [0.1, 0.15) is 67.2 Å². The molecular formula is C14H34Si2. The number of unbranched alkanes of at least 4 members (excludes halogenated alkanes) is 2. The van der Waals surface area contributed by atoms with Gasteiger partial charge in [-0.1, -0.05) is 90.4 Å². The Bertz CT molecular complexity index is 139. The summed E-state index contributed by atoms with van der Waals surface area (Å²) in [5.74, 6) is 0. The van der Waals surface area contributed by atoms with E-state index in [0.29, 0.717) is 0 Å². The lowest BCUT2D eigenvalue weighted by atomic mass is 10.4. The second kappa shape index (κ2) is 9.46. The average molecular weight is 259 g/mol. The number of rotatable bonds is 9. The average Bonchev–Trinajstić information content (AvgIpc) is 2.20. The maximum atomic E-state index is 2.51. The van der Waals surface area contributed by atoms with Crippen molar-refractivity contribution < 1.29 is 0 Å². The first-order valence-corrected chi connectivity index (χ1v) is 13.2. The summed E-state index contributed by atoms with van der Waals surface area (Å²) in [5, 5.41) is 0. The van der Waals surface area contributed by atoms with Gasteiger partial charge in [-0.3, -0.25) is 0 Å². The molecule has 0 aliphatic rings. The van der Waals surface area contributed by atoms with Gasteiger partial charge in [0.25, 0.3) is 0 Å². The van der Waals surface area contributed by atoms with Crippen molar-refractivity contribution in [3.05, 3.63) is 0 Å². The Morgan fingerprint density at radius 3 is 1.38 bits per heavy atom. The maximum absolute atomic E-state index is 2.51. The predicted octanol–water partition coefficient (Wildman–Crippen LogP) is 4.94. The van der Waals surface area contributed by atoms with Crippen LogP contribution in [0.15, 0.2) is 0 Å². The fraction of sp³-hybridized carbons (Fsp3) is 1.00. The van der Waals surface area contributed by atoms with Gasteiger partial charge in [0.1, 0.15) is 0 Å². The maximum Gasteiger partial charge on any atom is 0.0330 e. The standard InChI is InChI=1S/C14H34Si2/c1-7-9-11-15(12-10-8-2)16(13(3)4)14(5)6/h13-16H,7-12H2,1-6H3. The van der Waals surface area contributed by atoms with Crippen molar-refractivity contribution in [3.8, 4) is 0 Å². The topological polar surface area (TPSA) is 0 Å². The van der Waals surface area contributed by atoms with E-state index in [1.54, 1.807) is 12.1 Å². The zero-order chi connectivity index (χ0) is 12.6. The summed E-state index contributed by atoms with van der Waals surface area (Å²) in [6, 6.07) is 3.31. The second-order valence-electron chi connectivity index (χ2n) is 6.11. The van der Waals surface area contributed by atoms with Gasteiger partial charge in [0.15, 0.2) is 0 Å². The third-order valence-corrected chi connectivity index (χ3v) is 20.3. The molecule has 2 heteroatoms. The summed E-state index contributed by atoms with van der Waals surface area (Å²) in [6.45, 7) is 14.7. The minimum Gasteiger partial charge on any atom is -0.0656 e. The van der Waals surface area contributed by atoms with Crippen LogP contribution in [0.4, 0.5) is 0 Å². The van der Waals surface area contributed by atoms with Crippen LogP contribution >= 0.6 is 0 Å². The first kappa shape index (κ1) is 16.4. The summed E-state index contributed by atoms with van der Waals surface area (Å²) < 4.78 is 0. The summed E-state index contributed by atoms with van der Waals surface area (Å²) in [5.41, 5.74) is 2.09. The molecule has 0 aromatic carbocycles. The van der Waals surface area contributed by atoms with E-state index in [-0.39, 0.29) is 8.31 Å². The zero-order valence-electron chi connectivity index (χ0n) is 12.6. The molecule has 0 aromatic rings. The molecule has 0 unspecified atom stereocenters. The quantitative estimate of drug-likeness (QED) is 0.514. The van der Waals surface area contributed by atoms with Crippen LogP contribution < -0.4 is 0 Å². The van der Waals surface area contributed by atoms with Crippen LogP contribution in [0.3, 0.4) is 0 Å². The number of hydrogen-bond donors (Lipinski definition) is 0. The molecule has 0 radical (unpaired) electrons. The molecule has 0 bridgehead atoms. The summed E-state index contributed by atoms with van der Waals surface area (Å²) >= 11 is 0. The first-order valence-electron chi connectivity index (χ1n) is 7.54. The predicted molar refractivity (Wildman–Crippen MR) is 83.9 cm³/mol. The molecule has 0 atom stereocenters. The van der Waals surface area contributed by atoms with E-state index in [2.05, 4.69) is 41.5 Å². The van der Waals surface area contributed by atoms with E-state index >= 15 is 0 Å². The Morgan fingerprint density at radius 1 is 0.750 bits per heavy atom. The molecule has 98 valence electrons. The molecule has 0 N–H and O–H groups in total. The van der Waals surface area contributed by atoms with Crippen LogP contribution in [0.5, 0.6) is 0 Å². The molecule has 0 aromatic heterocycles. The molecule has 0 heterocycles. The van der Waals surface area contributed by atoms with Gasteiger partial charge in [-0.05, 0) is 0 Å². The summed E-state index contributed by atoms with van der Waals surface area (Å²) in [4.78, 5) is 0. The van der Waals surface area contributed by atoms with E-state index in [0.717, 1.165) is 11.1 Å². The Morgan fingerprint density at radius 2 is 1.12 bits per heavy atom. The highest BCUT2D eigenvalue weighted by molar-refractivity contribution is 7.23. The van der Waals surface area contributed by atoms with Crippen LogP contribution in [0.25, 0.3) is 0 Å². The fourth-order valence-corrected chi connectivity index (χ4v) is 20.2. The van der Waals surface area contributed by atoms with Gasteiger partial charge in [-0.2, -0.15) is 0 Å². The lowest BCUT2D eigenvalue weighted by Gasteiger charge is -2.31. The monoisotopic (exact) mass is 258 g/mol. The Labute approximate surface area is 107 Å². The van der Waals surface area contributed by atoms with E-state index in [9.17, 15) is 0 Å². The molecular weight excluding hydrogens is 224 g/mol. The van der Waals surface area contributed by atoms with Gasteiger partial charge >= 0.3 is 0 Å². The molecule has 0 saturated carbocycles. The van der Waals surface area contributed by atoms with Crippen molar-refractivity contribution in [3.63, 3.8) is 0 Å². The zero-order valence-corrected chi connectivity index (χ0v) is 14.9. The second-order valence-corrected chi connectivity index (χ2v) is 17.7. The molecule has 0 saturated heterocycles. The smallest absolute Gasteiger partial charge is 0.0330 e. The van der Waals surface area contributed by atoms with Crippen LogP contribution in [-0.4, -0.2) is 16.6 Å². The van der Waals surface area contributed by atoms with Crippen molar-refractivity contribution in [2.75, 3.05) is 0 Å². The van der Waals surface area contributed by atoms with Gasteiger partial charge in [0.2, 0.25) is 0 Å². The lowest BCUT2D eigenvalue weighted by molar-refractivity contribution is 0.842. The SMILES string of the molecule is CCCC[SiH](CCCC)[SiH](C(C)C)C(C)C. The highest BCUT2D eigenvalue weighted by Gasteiger charge is 2.28. The molecule has 0 rings (SSSR count). The molecule has 16 heavy (non-hydrogen) atoms. The third kappa shape index (κ3) is 6.24. The van der Waals surface area contributed by atoms with Gasteiger partial charge in [-0.15, -0.1) is 0 Å². The molecule has 0 amide bonds. The first-order chi connectivity index (χ1) is 7.54. The van der Waals surface area contributed by atoms with E-state index in [1.807, 2.05) is 0 Å². The minimum atomic E-state index is -0.420. The third-order valence-electron chi connectivity index (χ3n) is 3.94. The Kier molecular flexibility index (Phi) is 9.72. The minimum absolute atomic E-state index is 0.361. The van der Waals surface area contributed by atoms with Crippen molar-refractivity contribution in [2.45, 2.75) is 90.4 Å². The Balaban J connectivity index is 4.40. The molecule has 0 spiro atoms. The van der Waals surface area contributed by atoms with Crippen LogP contribution in [0, 0.1) is 0 Å². The van der Waals surface area contributed by atoms with Crippen molar-refractivity contribution in [2.24, 2.45) is 0 Å². The van der Waals surface area contributed by atoms with E-state index < -0.39 is 8.31 Å². The molecule has 0 aliphatic heterocycles. The van der Waals surface area contributed by atoms with E-state index in [1.165, 1.54) is 25.7 Å². The van der Waals surface area contributed by atoms with Crippen molar-refractivity contribution >= 4 is 16.6 Å². The van der Waals surface area contributed by atoms with Crippen molar-refractivity contribution in [1.29, 1.82) is 0 Å². The van der Waals surface area contributed by atoms with Crippen molar-refractivity contribution in [1.82, 2.24) is 0 Å². The van der Waals surface area contributed by atoms with Crippen LogP contribution in [-0.2, 0) is 0 Å². The molecule has 0 nitrogen and oxygen atoms in total. The largest absolute Gasteiger partial charge is 0.0656 e. The van der Waals surface area contributed by atoms with Gasteiger partial charge in [-0.25, -0.2) is 0 Å². The highest BCUT2D eigenvalue weighted by atomic mass is 29.2. The number of hydrogen-bond acceptors (Lipinski definition) is 0. The van der Waals surface area contributed by atoms with Crippen LogP contribution in [0.2, 0.25) is 23.2 Å².